The van der Waals surface area contributed by atoms with Crippen molar-refractivity contribution in [2.75, 3.05) is 6.61 Å². The first-order valence-corrected chi connectivity index (χ1v) is 6.64. The van der Waals surface area contributed by atoms with Crippen LogP contribution < -0.4 is 4.74 Å². The molecule has 0 aromatic heterocycles. The highest BCUT2D eigenvalue weighted by atomic mass is 35.7. The molecule has 0 atom stereocenters. The number of hydrogen-bond donors (Lipinski definition) is 0. The number of alkyl halides is 2. The summed E-state index contributed by atoms with van der Waals surface area (Å²) in [5, 5.41) is -0.0950. The molecule has 0 saturated carbocycles. The summed E-state index contributed by atoms with van der Waals surface area (Å²) in [7, 11) is 1.17. The Hall–Kier alpha value is -0.590. The maximum Gasteiger partial charge on any atom is 0.272 e. The maximum atomic E-state index is 11.8. The van der Waals surface area contributed by atoms with Gasteiger partial charge in [0.05, 0.1) is 9.92 Å². The van der Waals surface area contributed by atoms with E-state index in [4.69, 9.17) is 22.3 Å². The molecule has 1 rings (SSSR count). The maximum absolute atomic E-state index is 11.8. The monoisotopic (exact) mass is 290 g/mol. The smallest absolute Gasteiger partial charge is 0.272 e. The second kappa shape index (κ2) is 5.16. The van der Waals surface area contributed by atoms with Gasteiger partial charge in [-0.1, -0.05) is 11.6 Å². The molecule has 1 aromatic carbocycles. The Kier molecular flexibility index (Phi) is 4.35. The van der Waals surface area contributed by atoms with E-state index >= 15 is 0 Å². The molecule has 0 N–H and O–H groups in total. The van der Waals surface area contributed by atoms with E-state index in [1.807, 2.05) is 0 Å². The molecule has 0 spiro atoms. The van der Waals surface area contributed by atoms with Gasteiger partial charge in [0, 0.05) is 10.7 Å². The van der Waals surface area contributed by atoms with Crippen LogP contribution in [0.5, 0.6) is 5.75 Å². The molecule has 90 valence electrons. The third-order valence-electron chi connectivity index (χ3n) is 1.55. The third kappa shape index (κ3) is 3.77. The van der Waals surface area contributed by atoms with Gasteiger partial charge in [-0.15, -0.1) is 0 Å². The molecule has 0 aliphatic heterocycles. The van der Waals surface area contributed by atoms with Crippen molar-refractivity contribution in [1.82, 2.24) is 0 Å². The van der Waals surface area contributed by atoms with Crippen molar-refractivity contribution in [3.05, 3.63) is 23.2 Å². The van der Waals surface area contributed by atoms with E-state index in [-0.39, 0.29) is 15.7 Å². The average Bonchev–Trinajstić information content (AvgIpc) is 2.14. The van der Waals surface area contributed by atoms with Crippen LogP contribution in [0.2, 0.25) is 5.02 Å². The summed E-state index contributed by atoms with van der Waals surface area (Å²) in [6.07, 6.45) is -2.63. The van der Waals surface area contributed by atoms with Gasteiger partial charge in [-0.3, -0.25) is 0 Å². The summed E-state index contributed by atoms with van der Waals surface area (Å²) in [5.41, 5.74) is 0. The quantitative estimate of drug-likeness (QED) is 0.801. The zero-order valence-electron chi connectivity index (χ0n) is 7.66. The van der Waals surface area contributed by atoms with E-state index in [0.717, 1.165) is 12.1 Å². The van der Waals surface area contributed by atoms with Crippen LogP contribution >= 0.6 is 22.3 Å². The fraction of sp³-hybridized carbons (Fsp3) is 0.250. The van der Waals surface area contributed by atoms with Crippen molar-refractivity contribution in [1.29, 1.82) is 0 Å². The molecule has 0 radical (unpaired) electrons. The van der Waals surface area contributed by atoms with Crippen molar-refractivity contribution < 1.29 is 21.9 Å². The van der Waals surface area contributed by atoms with Gasteiger partial charge in [0.15, 0.2) is 0 Å². The Morgan fingerprint density at radius 3 is 2.44 bits per heavy atom. The standard InChI is InChI=1S/C8H6Cl2F2O3S/c9-6-3-5(16(10,13)14)1-2-7(6)15-4-8(11)12/h1-3,8H,4H2. The van der Waals surface area contributed by atoms with Gasteiger partial charge in [0.1, 0.15) is 12.4 Å². The molecule has 0 saturated heterocycles. The van der Waals surface area contributed by atoms with Gasteiger partial charge < -0.3 is 4.74 Å². The van der Waals surface area contributed by atoms with Crippen LogP contribution in [0.15, 0.2) is 23.1 Å². The fourth-order valence-electron chi connectivity index (χ4n) is 0.903. The van der Waals surface area contributed by atoms with Gasteiger partial charge in [-0.25, -0.2) is 17.2 Å². The van der Waals surface area contributed by atoms with E-state index in [2.05, 4.69) is 4.74 Å². The predicted octanol–water partition coefficient (Wildman–Crippen LogP) is 2.91. The lowest BCUT2D eigenvalue weighted by atomic mass is 10.3. The summed E-state index contributed by atoms with van der Waals surface area (Å²) in [6.45, 7) is -0.813. The van der Waals surface area contributed by atoms with Crippen LogP contribution in [-0.4, -0.2) is 21.5 Å². The first-order chi connectivity index (χ1) is 7.30. The minimum absolute atomic E-state index is 0.0222. The topological polar surface area (TPSA) is 43.4 Å². The molecule has 0 bridgehead atoms. The molecule has 0 aliphatic rings. The van der Waals surface area contributed by atoms with E-state index in [9.17, 15) is 17.2 Å². The molecular weight excluding hydrogens is 285 g/mol. The van der Waals surface area contributed by atoms with Gasteiger partial charge in [0.2, 0.25) is 0 Å². The first kappa shape index (κ1) is 13.5. The molecule has 0 fully saturated rings. The van der Waals surface area contributed by atoms with E-state index in [1.165, 1.54) is 6.07 Å². The molecule has 16 heavy (non-hydrogen) atoms. The van der Waals surface area contributed by atoms with Gasteiger partial charge in [0.25, 0.3) is 15.5 Å². The van der Waals surface area contributed by atoms with Crippen LogP contribution in [0.25, 0.3) is 0 Å². The van der Waals surface area contributed by atoms with Crippen LogP contribution in [0, 0.1) is 0 Å². The van der Waals surface area contributed by atoms with Crippen LogP contribution in [0.4, 0.5) is 8.78 Å². The molecule has 3 nitrogen and oxygen atoms in total. The highest BCUT2D eigenvalue weighted by molar-refractivity contribution is 8.13. The number of hydrogen-bond acceptors (Lipinski definition) is 3. The largest absolute Gasteiger partial charge is 0.486 e. The van der Waals surface area contributed by atoms with Gasteiger partial charge in [-0.2, -0.15) is 0 Å². The second-order valence-corrected chi connectivity index (χ2v) is 5.71. The Morgan fingerprint density at radius 1 is 1.38 bits per heavy atom. The molecular formula is C8H6Cl2F2O3S. The lowest BCUT2D eigenvalue weighted by molar-refractivity contribution is 0.0819. The number of rotatable bonds is 4. The molecule has 1 aromatic rings. The molecule has 0 heterocycles. The Balaban J connectivity index is 2.92. The molecule has 0 aliphatic carbocycles. The van der Waals surface area contributed by atoms with Crippen LogP contribution in [0.1, 0.15) is 0 Å². The Bertz CT molecular complexity index is 476. The van der Waals surface area contributed by atoms with Gasteiger partial charge in [-0.05, 0) is 18.2 Å². The van der Waals surface area contributed by atoms with E-state index in [0.29, 0.717) is 0 Å². The van der Waals surface area contributed by atoms with Gasteiger partial charge >= 0.3 is 0 Å². The van der Waals surface area contributed by atoms with E-state index in [1.54, 1.807) is 0 Å². The van der Waals surface area contributed by atoms with Crippen molar-refractivity contribution in [2.45, 2.75) is 11.3 Å². The zero-order valence-corrected chi connectivity index (χ0v) is 9.99. The van der Waals surface area contributed by atoms with Crippen molar-refractivity contribution in [3.8, 4) is 5.75 Å². The molecule has 0 unspecified atom stereocenters. The second-order valence-electron chi connectivity index (χ2n) is 2.73. The highest BCUT2D eigenvalue weighted by Crippen LogP contribution is 2.28. The van der Waals surface area contributed by atoms with Crippen molar-refractivity contribution in [2.24, 2.45) is 0 Å². The average molecular weight is 291 g/mol. The predicted molar refractivity (Wildman–Crippen MR) is 56.0 cm³/mol. The summed E-state index contributed by atoms with van der Waals surface area (Å²) in [5.74, 6) is -0.0222. The minimum atomic E-state index is -3.89. The number of benzene rings is 1. The van der Waals surface area contributed by atoms with Crippen LogP contribution in [-0.2, 0) is 9.05 Å². The highest BCUT2D eigenvalue weighted by Gasteiger charge is 2.13. The van der Waals surface area contributed by atoms with Crippen LogP contribution in [0.3, 0.4) is 0 Å². The summed E-state index contributed by atoms with van der Waals surface area (Å²) < 4.78 is 50.1. The number of halogens is 4. The first-order valence-electron chi connectivity index (χ1n) is 3.96. The van der Waals surface area contributed by atoms with E-state index < -0.39 is 22.1 Å². The summed E-state index contributed by atoms with van der Waals surface area (Å²) in [4.78, 5) is -0.219. The summed E-state index contributed by atoms with van der Waals surface area (Å²) >= 11 is 5.63. The van der Waals surface area contributed by atoms with Crippen molar-refractivity contribution in [3.63, 3.8) is 0 Å². The lowest BCUT2D eigenvalue weighted by Gasteiger charge is -2.07. The SMILES string of the molecule is O=S(=O)(Cl)c1ccc(OCC(F)F)c(Cl)c1. The summed E-state index contributed by atoms with van der Waals surface area (Å²) in [6, 6.07) is 3.32. The lowest BCUT2D eigenvalue weighted by Crippen LogP contribution is -2.07. The Labute approximate surface area is 100 Å². The normalized spacial score (nSPS) is 11.8. The number of ether oxygens (including phenoxy) is 1. The third-order valence-corrected chi connectivity index (χ3v) is 3.20. The fourth-order valence-corrected chi connectivity index (χ4v) is 1.98. The Morgan fingerprint density at radius 2 is 2.00 bits per heavy atom. The zero-order chi connectivity index (χ0) is 12.3. The van der Waals surface area contributed by atoms with Crippen molar-refractivity contribution >= 4 is 31.3 Å². The molecule has 0 amide bonds. The molecule has 8 heteroatoms. The minimum Gasteiger partial charge on any atom is -0.486 e.